The van der Waals surface area contributed by atoms with Crippen LogP contribution in [0, 0.1) is 6.92 Å². The molecule has 1 fully saturated rings. The molecule has 0 N–H and O–H groups in total. The van der Waals surface area contributed by atoms with Gasteiger partial charge in [-0.1, -0.05) is 6.07 Å². The van der Waals surface area contributed by atoms with Crippen LogP contribution in [0.5, 0.6) is 0 Å². The van der Waals surface area contributed by atoms with E-state index in [4.69, 9.17) is 0 Å². The number of thiazole rings is 1. The molecule has 1 aliphatic heterocycles. The van der Waals surface area contributed by atoms with Gasteiger partial charge >= 0.3 is 0 Å². The highest BCUT2D eigenvalue weighted by Gasteiger charge is 2.27. The Morgan fingerprint density at radius 3 is 3.12 bits per heavy atom. The number of likely N-dealkylation sites (tertiary alicyclic amines) is 1. The molecule has 0 spiro atoms. The Morgan fingerprint density at radius 1 is 1.36 bits per heavy atom. The Morgan fingerprint density at radius 2 is 2.28 bits per heavy atom. The summed E-state index contributed by atoms with van der Waals surface area (Å²) < 4.78 is 2.02. The Kier molecular flexibility index (Phi) is 4.31. The van der Waals surface area contributed by atoms with Crippen LogP contribution in [-0.4, -0.2) is 43.5 Å². The highest BCUT2D eigenvalue weighted by molar-refractivity contribution is 7.09. The molecule has 3 aromatic rings. The number of carbonyl (C=O) groups is 1. The fraction of sp³-hybridized carbons (Fsp3) is 0.333. The van der Waals surface area contributed by atoms with E-state index in [9.17, 15) is 4.79 Å². The topological polar surface area (TPSA) is 63.4 Å². The SMILES string of the molecule is Cc1nc(/C=C/C(=O)N2CCCC(c3nnc4ccccn34)C2)cs1. The average Bonchev–Trinajstić information content (AvgIpc) is 3.26. The van der Waals surface area contributed by atoms with E-state index < -0.39 is 0 Å². The lowest BCUT2D eigenvalue weighted by atomic mass is 9.97. The predicted octanol–water partition coefficient (Wildman–Crippen LogP) is 2.91. The number of carbonyl (C=O) groups excluding carboxylic acids is 1. The van der Waals surface area contributed by atoms with E-state index in [2.05, 4.69) is 15.2 Å². The van der Waals surface area contributed by atoms with Crippen LogP contribution in [0.1, 0.15) is 35.3 Å². The summed E-state index contributed by atoms with van der Waals surface area (Å²) in [6.07, 6.45) is 7.40. The molecule has 4 rings (SSSR count). The van der Waals surface area contributed by atoms with Crippen molar-refractivity contribution >= 4 is 29.0 Å². The zero-order valence-electron chi connectivity index (χ0n) is 14.0. The quantitative estimate of drug-likeness (QED) is 0.679. The van der Waals surface area contributed by atoms with Crippen LogP contribution in [-0.2, 0) is 4.79 Å². The highest BCUT2D eigenvalue weighted by Crippen LogP contribution is 2.26. The molecule has 0 bridgehead atoms. The predicted molar refractivity (Wildman–Crippen MR) is 97.4 cm³/mol. The van der Waals surface area contributed by atoms with Gasteiger partial charge in [-0.3, -0.25) is 9.20 Å². The Labute approximate surface area is 149 Å². The molecule has 0 radical (unpaired) electrons. The number of rotatable bonds is 3. The summed E-state index contributed by atoms with van der Waals surface area (Å²) in [5.41, 5.74) is 1.69. The zero-order valence-corrected chi connectivity index (χ0v) is 14.8. The van der Waals surface area contributed by atoms with Gasteiger partial charge in [0.15, 0.2) is 5.65 Å². The summed E-state index contributed by atoms with van der Waals surface area (Å²) in [7, 11) is 0. The molecule has 1 amide bonds. The first kappa shape index (κ1) is 16.0. The first-order valence-electron chi connectivity index (χ1n) is 8.39. The molecule has 3 aromatic heterocycles. The maximum atomic E-state index is 12.5. The van der Waals surface area contributed by atoms with Crippen molar-refractivity contribution in [2.24, 2.45) is 0 Å². The van der Waals surface area contributed by atoms with Gasteiger partial charge in [-0.2, -0.15) is 0 Å². The smallest absolute Gasteiger partial charge is 0.246 e. The molecular formula is C18H19N5OS. The third-order valence-corrected chi connectivity index (χ3v) is 5.26. The van der Waals surface area contributed by atoms with Crippen molar-refractivity contribution in [3.63, 3.8) is 0 Å². The third kappa shape index (κ3) is 3.32. The summed E-state index contributed by atoms with van der Waals surface area (Å²) in [6.45, 7) is 3.42. The monoisotopic (exact) mass is 353 g/mol. The lowest BCUT2D eigenvalue weighted by Gasteiger charge is -2.31. The molecule has 1 atom stereocenters. The van der Waals surface area contributed by atoms with Crippen molar-refractivity contribution in [3.8, 4) is 0 Å². The summed E-state index contributed by atoms with van der Waals surface area (Å²) in [4.78, 5) is 18.8. The minimum Gasteiger partial charge on any atom is -0.338 e. The molecule has 7 heteroatoms. The van der Waals surface area contributed by atoms with E-state index in [1.54, 1.807) is 23.5 Å². The van der Waals surface area contributed by atoms with Crippen molar-refractivity contribution < 1.29 is 4.79 Å². The minimum absolute atomic E-state index is 0.0316. The Hall–Kier alpha value is -2.54. The van der Waals surface area contributed by atoms with Gasteiger partial charge in [0.25, 0.3) is 0 Å². The van der Waals surface area contributed by atoms with Crippen LogP contribution < -0.4 is 0 Å². The molecule has 25 heavy (non-hydrogen) atoms. The standard InChI is InChI=1S/C18H19N5OS/c1-13-19-15(12-25-13)7-8-17(24)22-9-4-5-14(11-22)18-21-20-16-6-2-3-10-23(16)18/h2-3,6-8,10,12,14H,4-5,9,11H2,1H3/b8-7+. The van der Waals surface area contributed by atoms with Crippen molar-refractivity contribution in [1.82, 2.24) is 24.5 Å². The van der Waals surface area contributed by atoms with Gasteiger partial charge in [0.2, 0.25) is 5.91 Å². The van der Waals surface area contributed by atoms with Gasteiger partial charge in [-0.05, 0) is 38.0 Å². The van der Waals surface area contributed by atoms with E-state index >= 15 is 0 Å². The molecule has 6 nitrogen and oxygen atoms in total. The van der Waals surface area contributed by atoms with Gasteiger partial charge < -0.3 is 4.90 Å². The molecule has 0 aliphatic carbocycles. The van der Waals surface area contributed by atoms with Crippen LogP contribution in [0.25, 0.3) is 11.7 Å². The minimum atomic E-state index is 0.0316. The number of pyridine rings is 1. The molecule has 1 unspecified atom stereocenters. The van der Waals surface area contributed by atoms with Gasteiger partial charge in [-0.25, -0.2) is 4.98 Å². The summed E-state index contributed by atoms with van der Waals surface area (Å²) in [5, 5.41) is 11.6. The molecular weight excluding hydrogens is 334 g/mol. The highest BCUT2D eigenvalue weighted by atomic mass is 32.1. The van der Waals surface area contributed by atoms with Gasteiger partial charge in [0, 0.05) is 36.7 Å². The second-order valence-corrected chi connectivity index (χ2v) is 7.30. The molecule has 128 valence electrons. The maximum absolute atomic E-state index is 12.5. The Bertz CT molecular complexity index is 928. The summed E-state index contributed by atoms with van der Waals surface area (Å²) in [5.74, 6) is 1.18. The Balaban J connectivity index is 1.49. The van der Waals surface area contributed by atoms with Crippen molar-refractivity contribution in [2.45, 2.75) is 25.7 Å². The second kappa shape index (κ2) is 6.76. The van der Waals surface area contributed by atoms with Crippen molar-refractivity contribution in [1.29, 1.82) is 0 Å². The van der Waals surface area contributed by atoms with E-state index in [-0.39, 0.29) is 11.8 Å². The first-order valence-corrected chi connectivity index (χ1v) is 9.27. The second-order valence-electron chi connectivity index (χ2n) is 6.24. The molecule has 4 heterocycles. The number of aromatic nitrogens is 4. The number of amides is 1. The number of aryl methyl sites for hydroxylation is 1. The fourth-order valence-electron chi connectivity index (χ4n) is 3.25. The summed E-state index contributed by atoms with van der Waals surface area (Å²) >= 11 is 1.59. The number of fused-ring (bicyclic) bond motifs is 1. The summed E-state index contributed by atoms with van der Waals surface area (Å²) in [6, 6.07) is 5.88. The van der Waals surface area contributed by atoms with E-state index in [0.29, 0.717) is 6.54 Å². The van der Waals surface area contributed by atoms with Crippen LogP contribution in [0.3, 0.4) is 0 Å². The normalized spacial score (nSPS) is 18.3. The number of piperidine rings is 1. The van der Waals surface area contributed by atoms with Crippen LogP contribution in [0.15, 0.2) is 35.9 Å². The van der Waals surface area contributed by atoms with E-state index in [0.717, 1.165) is 41.6 Å². The van der Waals surface area contributed by atoms with E-state index in [1.807, 2.05) is 46.0 Å². The first-order chi connectivity index (χ1) is 12.2. The number of hydrogen-bond donors (Lipinski definition) is 0. The van der Waals surface area contributed by atoms with Gasteiger partial charge in [-0.15, -0.1) is 21.5 Å². The largest absolute Gasteiger partial charge is 0.338 e. The van der Waals surface area contributed by atoms with Crippen molar-refractivity contribution in [2.75, 3.05) is 13.1 Å². The third-order valence-electron chi connectivity index (χ3n) is 4.47. The molecule has 1 saturated heterocycles. The molecule has 1 aliphatic rings. The average molecular weight is 353 g/mol. The van der Waals surface area contributed by atoms with Gasteiger partial charge in [0.05, 0.1) is 10.7 Å². The lowest BCUT2D eigenvalue weighted by molar-refractivity contribution is -0.127. The fourth-order valence-corrected chi connectivity index (χ4v) is 3.83. The van der Waals surface area contributed by atoms with Gasteiger partial charge in [0.1, 0.15) is 5.82 Å². The van der Waals surface area contributed by atoms with E-state index in [1.165, 1.54) is 0 Å². The number of nitrogens with zero attached hydrogens (tertiary/aromatic N) is 5. The lowest BCUT2D eigenvalue weighted by Crippen LogP contribution is -2.38. The van der Waals surface area contributed by atoms with Crippen LogP contribution in [0.2, 0.25) is 0 Å². The molecule has 0 saturated carbocycles. The van der Waals surface area contributed by atoms with Crippen molar-refractivity contribution in [3.05, 3.63) is 52.4 Å². The maximum Gasteiger partial charge on any atom is 0.246 e. The zero-order chi connectivity index (χ0) is 17.2. The number of hydrogen-bond acceptors (Lipinski definition) is 5. The molecule has 0 aromatic carbocycles. The van der Waals surface area contributed by atoms with Crippen LogP contribution in [0.4, 0.5) is 0 Å². The van der Waals surface area contributed by atoms with Crippen LogP contribution >= 0.6 is 11.3 Å².